The quantitative estimate of drug-likeness (QED) is 0.758. The number of rotatable bonds is 3. The molecule has 0 aliphatic rings. The molecule has 1 aromatic heterocycles. The lowest BCUT2D eigenvalue weighted by molar-refractivity contribution is 0.516. The minimum atomic E-state index is 0.408. The molecular formula is C11H17BrN2. The smallest absolute Gasteiger partial charge is 0.0671 e. The van der Waals surface area contributed by atoms with Gasteiger partial charge in [-0.3, -0.25) is 4.68 Å². The van der Waals surface area contributed by atoms with Gasteiger partial charge in [0.15, 0.2) is 0 Å². The lowest BCUT2D eigenvalue weighted by Crippen LogP contribution is -2.05. The Balaban J connectivity index is 3.24. The van der Waals surface area contributed by atoms with Crippen LogP contribution in [0.15, 0.2) is 6.58 Å². The van der Waals surface area contributed by atoms with E-state index in [1.165, 1.54) is 11.3 Å². The van der Waals surface area contributed by atoms with E-state index in [0.717, 1.165) is 16.6 Å². The van der Waals surface area contributed by atoms with Gasteiger partial charge in [-0.2, -0.15) is 5.10 Å². The number of allylic oxidation sites excluding steroid dienone is 1. The number of hydrogen-bond acceptors (Lipinski definition) is 1. The predicted octanol–water partition coefficient (Wildman–Crippen LogP) is 3.49. The third kappa shape index (κ3) is 1.92. The summed E-state index contributed by atoms with van der Waals surface area (Å²) in [5.74, 6) is 0. The number of aromatic nitrogens is 2. The van der Waals surface area contributed by atoms with E-state index in [4.69, 9.17) is 0 Å². The molecule has 14 heavy (non-hydrogen) atoms. The summed E-state index contributed by atoms with van der Waals surface area (Å²) in [5, 5.41) is 5.32. The molecule has 0 amide bonds. The summed E-state index contributed by atoms with van der Waals surface area (Å²) in [6.45, 7) is 12.5. The number of aryl methyl sites for hydroxylation is 1. The van der Waals surface area contributed by atoms with Crippen molar-refractivity contribution in [2.24, 2.45) is 0 Å². The molecule has 2 nitrogen and oxygen atoms in total. The third-order valence-electron chi connectivity index (χ3n) is 2.33. The Bertz CT molecular complexity index is 350. The Hall–Kier alpha value is -0.570. The van der Waals surface area contributed by atoms with Gasteiger partial charge in [-0.15, -0.1) is 0 Å². The van der Waals surface area contributed by atoms with E-state index < -0.39 is 0 Å². The van der Waals surface area contributed by atoms with Gasteiger partial charge in [0.1, 0.15) is 0 Å². The van der Waals surface area contributed by atoms with Gasteiger partial charge in [0.05, 0.1) is 5.69 Å². The molecule has 0 aliphatic carbocycles. The first-order valence-electron chi connectivity index (χ1n) is 4.78. The van der Waals surface area contributed by atoms with E-state index in [0.29, 0.717) is 6.04 Å². The lowest BCUT2D eigenvalue weighted by atomic mass is 10.1. The van der Waals surface area contributed by atoms with Gasteiger partial charge in [-0.05, 0) is 33.3 Å². The summed E-state index contributed by atoms with van der Waals surface area (Å²) in [4.78, 5) is 0. The number of nitrogens with zero attached hydrogens (tertiary/aromatic N) is 2. The second-order valence-electron chi connectivity index (χ2n) is 3.82. The zero-order chi connectivity index (χ0) is 10.9. The van der Waals surface area contributed by atoms with Crippen LogP contribution in [0.5, 0.6) is 0 Å². The highest BCUT2D eigenvalue weighted by Gasteiger charge is 2.14. The molecule has 1 heterocycles. The zero-order valence-corrected chi connectivity index (χ0v) is 10.8. The molecule has 0 bridgehead atoms. The van der Waals surface area contributed by atoms with Gasteiger partial charge < -0.3 is 0 Å². The van der Waals surface area contributed by atoms with E-state index >= 15 is 0 Å². The first-order chi connectivity index (χ1) is 6.49. The summed E-state index contributed by atoms with van der Waals surface area (Å²) >= 11 is 3.43. The van der Waals surface area contributed by atoms with Crippen molar-refractivity contribution in [2.75, 3.05) is 5.33 Å². The van der Waals surface area contributed by atoms with Crippen LogP contribution in [-0.2, 0) is 0 Å². The number of halogens is 1. The molecule has 3 heteroatoms. The molecule has 0 atom stereocenters. The van der Waals surface area contributed by atoms with E-state index in [2.05, 4.69) is 53.1 Å². The van der Waals surface area contributed by atoms with Crippen molar-refractivity contribution < 1.29 is 0 Å². The zero-order valence-electron chi connectivity index (χ0n) is 9.26. The maximum absolute atomic E-state index is 4.51. The van der Waals surface area contributed by atoms with Crippen LogP contribution in [0, 0.1) is 13.8 Å². The normalized spacial score (nSPS) is 11.0. The molecular weight excluding hydrogens is 240 g/mol. The van der Waals surface area contributed by atoms with Gasteiger partial charge in [0, 0.05) is 22.6 Å². The van der Waals surface area contributed by atoms with E-state index in [1.54, 1.807) is 0 Å². The van der Waals surface area contributed by atoms with E-state index in [-0.39, 0.29) is 0 Å². The third-order valence-corrected chi connectivity index (χ3v) is 3.01. The number of hydrogen-bond donors (Lipinski definition) is 0. The lowest BCUT2D eigenvalue weighted by Gasteiger charge is -2.08. The second-order valence-corrected chi connectivity index (χ2v) is 4.38. The molecule has 0 radical (unpaired) electrons. The van der Waals surface area contributed by atoms with Crippen LogP contribution >= 0.6 is 15.9 Å². The standard InChI is InChI=1S/C11H17BrN2/c1-7(2)14-10(5)11(8(3)6-12)9(4)13-14/h7H,3,6H2,1-2,4-5H3. The molecule has 1 rings (SSSR count). The summed E-state index contributed by atoms with van der Waals surface area (Å²) in [7, 11) is 0. The Morgan fingerprint density at radius 1 is 1.50 bits per heavy atom. The second kappa shape index (κ2) is 4.30. The van der Waals surface area contributed by atoms with Crippen molar-refractivity contribution in [1.29, 1.82) is 0 Å². The summed E-state index contributed by atoms with van der Waals surface area (Å²) < 4.78 is 2.05. The molecule has 78 valence electrons. The van der Waals surface area contributed by atoms with Crippen LogP contribution in [0.2, 0.25) is 0 Å². The van der Waals surface area contributed by atoms with Gasteiger partial charge in [0.25, 0.3) is 0 Å². The van der Waals surface area contributed by atoms with Gasteiger partial charge in [-0.25, -0.2) is 0 Å². The fourth-order valence-electron chi connectivity index (χ4n) is 1.74. The average molecular weight is 257 g/mol. The van der Waals surface area contributed by atoms with Crippen LogP contribution < -0.4 is 0 Å². The maximum atomic E-state index is 4.51. The fraction of sp³-hybridized carbons (Fsp3) is 0.545. The number of alkyl halides is 1. The van der Waals surface area contributed by atoms with E-state index in [1.807, 2.05) is 6.92 Å². The Kier molecular flexibility index (Phi) is 3.53. The van der Waals surface area contributed by atoms with Crippen LogP contribution in [0.4, 0.5) is 0 Å². The van der Waals surface area contributed by atoms with Crippen LogP contribution in [-0.4, -0.2) is 15.1 Å². The van der Waals surface area contributed by atoms with E-state index in [9.17, 15) is 0 Å². The monoisotopic (exact) mass is 256 g/mol. The largest absolute Gasteiger partial charge is 0.266 e. The molecule has 0 saturated carbocycles. The SMILES string of the molecule is C=C(CBr)c1c(C)nn(C(C)C)c1C. The molecule has 1 aromatic rings. The van der Waals surface area contributed by atoms with Crippen molar-refractivity contribution >= 4 is 21.5 Å². The summed E-state index contributed by atoms with van der Waals surface area (Å²) in [6, 6.07) is 0.408. The molecule has 0 aliphatic heterocycles. The summed E-state index contributed by atoms with van der Waals surface area (Å²) in [6.07, 6.45) is 0. The van der Waals surface area contributed by atoms with Crippen molar-refractivity contribution in [1.82, 2.24) is 9.78 Å². The molecule has 0 fully saturated rings. The van der Waals surface area contributed by atoms with Crippen LogP contribution in [0.3, 0.4) is 0 Å². The van der Waals surface area contributed by atoms with Crippen molar-refractivity contribution in [3.8, 4) is 0 Å². The first kappa shape index (κ1) is 11.5. The highest BCUT2D eigenvalue weighted by molar-refractivity contribution is 9.09. The van der Waals surface area contributed by atoms with Crippen LogP contribution in [0.1, 0.15) is 36.8 Å². The van der Waals surface area contributed by atoms with Gasteiger partial charge in [-0.1, -0.05) is 22.5 Å². The Labute approximate surface area is 94.1 Å². The Morgan fingerprint density at radius 3 is 2.43 bits per heavy atom. The topological polar surface area (TPSA) is 17.8 Å². The Morgan fingerprint density at radius 2 is 2.07 bits per heavy atom. The average Bonchev–Trinajstić information content (AvgIpc) is 2.41. The fourth-order valence-corrected chi connectivity index (χ4v) is 2.02. The van der Waals surface area contributed by atoms with Crippen molar-refractivity contribution in [3.63, 3.8) is 0 Å². The summed E-state index contributed by atoms with van der Waals surface area (Å²) in [5.41, 5.74) is 4.59. The highest BCUT2D eigenvalue weighted by atomic mass is 79.9. The first-order valence-corrected chi connectivity index (χ1v) is 5.91. The van der Waals surface area contributed by atoms with Gasteiger partial charge >= 0.3 is 0 Å². The molecule has 0 N–H and O–H groups in total. The predicted molar refractivity (Wildman–Crippen MR) is 64.9 cm³/mol. The maximum Gasteiger partial charge on any atom is 0.0671 e. The highest BCUT2D eigenvalue weighted by Crippen LogP contribution is 2.24. The van der Waals surface area contributed by atoms with Crippen molar-refractivity contribution in [3.05, 3.63) is 23.5 Å². The molecule has 0 spiro atoms. The molecule has 0 saturated heterocycles. The molecule has 0 aromatic carbocycles. The van der Waals surface area contributed by atoms with Gasteiger partial charge in [0.2, 0.25) is 0 Å². The van der Waals surface area contributed by atoms with Crippen LogP contribution in [0.25, 0.3) is 5.57 Å². The van der Waals surface area contributed by atoms with Crippen molar-refractivity contribution in [2.45, 2.75) is 33.7 Å². The molecule has 0 unspecified atom stereocenters. The minimum absolute atomic E-state index is 0.408. The minimum Gasteiger partial charge on any atom is -0.266 e.